The lowest BCUT2D eigenvalue weighted by Gasteiger charge is -2.03. The van der Waals surface area contributed by atoms with Gasteiger partial charge in [0.25, 0.3) is 5.91 Å². The monoisotopic (exact) mass is 230 g/mol. The highest BCUT2D eigenvalue weighted by Crippen LogP contribution is 2.02. The number of rotatable bonds is 2. The fraction of sp³-hybridized carbons (Fsp3) is 0.0909. The Bertz CT molecular complexity index is 592. The van der Waals surface area contributed by atoms with Crippen molar-refractivity contribution in [2.45, 2.75) is 6.92 Å². The number of H-pyrrole nitrogens is 1. The Kier molecular flexibility index (Phi) is 2.95. The number of hydrogen-bond donors (Lipinski definition) is 2. The summed E-state index contributed by atoms with van der Waals surface area (Å²) in [4.78, 5) is 33.6. The second kappa shape index (κ2) is 4.56. The lowest BCUT2D eigenvalue weighted by Crippen LogP contribution is -2.21. The maximum atomic E-state index is 11.8. The molecule has 2 N–H and O–H groups in total. The fourth-order valence-corrected chi connectivity index (χ4v) is 1.31. The number of aromatic amines is 1. The Labute approximate surface area is 96.8 Å². The van der Waals surface area contributed by atoms with Crippen LogP contribution in [0.3, 0.4) is 0 Å². The average molecular weight is 230 g/mol. The van der Waals surface area contributed by atoms with Crippen LogP contribution in [0.15, 0.2) is 35.8 Å². The first-order valence-electron chi connectivity index (χ1n) is 4.92. The molecule has 0 aliphatic rings. The minimum atomic E-state index is -0.485. The van der Waals surface area contributed by atoms with E-state index in [1.165, 1.54) is 31.0 Å². The molecule has 0 aromatic carbocycles. The summed E-state index contributed by atoms with van der Waals surface area (Å²) in [5, 5.41) is 2.53. The Hall–Kier alpha value is -2.50. The lowest BCUT2D eigenvalue weighted by atomic mass is 10.2. The van der Waals surface area contributed by atoms with Crippen molar-refractivity contribution >= 4 is 11.6 Å². The molecule has 0 radical (unpaired) electrons. The summed E-state index contributed by atoms with van der Waals surface area (Å²) in [5.74, 6) is -0.485. The molecular weight excluding hydrogens is 220 g/mol. The third-order valence-electron chi connectivity index (χ3n) is 2.12. The highest BCUT2D eigenvalue weighted by Gasteiger charge is 2.10. The molecule has 0 unspecified atom stereocenters. The molecule has 2 heterocycles. The van der Waals surface area contributed by atoms with E-state index in [4.69, 9.17) is 0 Å². The van der Waals surface area contributed by atoms with E-state index in [0.717, 1.165) is 0 Å². The number of anilines is 1. The number of hydrogen-bond acceptors (Lipinski definition) is 4. The largest absolute Gasteiger partial charge is 0.364 e. The number of carbonyl (C=O) groups is 1. The number of nitrogens with zero attached hydrogens (tertiary/aromatic N) is 2. The highest BCUT2D eigenvalue weighted by atomic mass is 16.2. The van der Waals surface area contributed by atoms with Crippen molar-refractivity contribution in [1.82, 2.24) is 15.0 Å². The van der Waals surface area contributed by atoms with E-state index in [9.17, 15) is 9.59 Å². The standard InChI is InChI=1S/C11H10N4O2/c1-7-2-10(16)9(5-14-7)11(17)15-8-3-12-6-13-4-8/h2-6H,1H3,(H,14,16)(H,15,17). The molecule has 86 valence electrons. The summed E-state index contributed by atoms with van der Waals surface area (Å²) in [6.45, 7) is 1.74. The smallest absolute Gasteiger partial charge is 0.261 e. The zero-order valence-electron chi connectivity index (χ0n) is 9.10. The Morgan fingerprint density at radius 1 is 1.35 bits per heavy atom. The molecule has 0 atom stereocenters. The molecule has 2 aromatic rings. The molecular formula is C11H10N4O2. The van der Waals surface area contributed by atoms with Crippen molar-refractivity contribution in [3.8, 4) is 0 Å². The first kappa shape index (κ1) is 11.0. The summed E-state index contributed by atoms with van der Waals surface area (Å²) >= 11 is 0. The van der Waals surface area contributed by atoms with Gasteiger partial charge >= 0.3 is 0 Å². The molecule has 0 spiro atoms. The van der Waals surface area contributed by atoms with E-state index in [1.807, 2.05) is 0 Å². The molecule has 0 aliphatic heterocycles. The van der Waals surface area contributed by atoms with Crippen LogP contribution in [0.2, 0.25) is 0 Å². The van der Waals surface area contributed by atoms with Crippen LogP contribution in [0.1, 0.15) is 16.1 Å². The average Bonchev–Trinajstić information content (AvgIpc) is 2.30. The van der Waals surface area contributed by atoms with Gasteiger partial charge in [-0.2, -0.15) is 0 Å². The topological polar surface area (TPSA) is 87.7 Å². The number of aryl methyl sites for hydroxylation is 1. The predicted molar refractivity (Wildman–Crippen MR) is 61.8 cm³/mol. The first-order chi connectivity index (χ1) is 8.16. The number of nitrogens with one attached hydrogen (secondary N) is 2. The Balaban J connectivity index is 2.24. The zero-order chi connectivity index (χ0) is 12.3. The summed E-state index contributed by atoms with van der Waals surface area (Å²) < 4.78 is 0. The summed E-state index contributed by atoms with van der Waals surface area (Å²) in [5.41, 5.74) is 0.877. The van der Waals surface area contributed by atoms with Gasteiger partial charge in [-0.15, -0.1) is 0 Å². The molecule has 0 saturated heterocycles. The molecule has 17 heavy (non-hydrogen) atoms. The second-order valence-electron chi connectivity index (χ2n) is 3.48. The van der Waals surface area contributed by atoms with Gasteiger partial charge in [-0.25, -0.2) is 9.97 Å². The normalized spacial score (nSPS) is 9.94. The van der Waals surface area contributed by atoms with Gasteiger partial charge in [-0.3, -0.25) is 9.59 Å². The fourth-order valence-electron chi connectivity index (χ4n) is 1.31. The van der Waals surface area contributed by atoms with Gasteiger partial charge in [0, 0.05) is 18.0 Å². The molecule has 6 nitrogen and oxygen atoms in total. The van der Waals surface area contributed by atoms with Crippen molar-refractivity contribution in [3.63, 3.8) is 0 Å². The van der Waals surface area contributed by atoms with Gasteiger partial charge < -0.3 is 10.3 Å². The number of pyridine rings is 1. The minimum Gasteiger partial charge on any atom is -0.364 e. The van der Waals surface area contributed by atoms with Crippen LogP contribution in [0, 0.1) is 6.92 Å². The quantitative estimate of drug-likeness (QED) is 0.795. The zero-order valence-corrected chi connectivity index (χ0v) is 9.10. The lowest BCUT2D eigenvalue weighted by molar-refractivity contribution is 0.102. The molecule has 6 heteroatoms. The molecule has 2 rings (SSSR count). The molecule has 0 bridgehead atoms. The van der Waals surface area contributed by atoms with Crippen molar-refractivity contribution < 1.29 is 4.79 Å². The number of carbonyl (C=O) groups excluding carboxylic acids is 1. The van der Waals surface area contributed by atoms with Crippen molar-refractivity contribution in [2.75, 3.05) is 5.32 Å². The van der Waals surface area contributed by atoms with Crippen molar-refractivity contribution in [3.05, 3.63) is 52.5 Å². The maximum Gasteiger partial charge on any atom is 0.261 e. The Morgan fingerprint density at radius 3 is 2.71 bits per heavy atom. The summed E-state index contributed by atoms with van der Waals surface area (Å²) in [6.07, 6.45) is 5.64. The van der Waals surface area contributed by atoms with Crippen LogP contribution in [0.4, 0.5) is 5.69 Å². The van der Waals surface area contributed by atoms with E-state index in [2.05, 4.69) is 20.3 Å². The van der Waals surface area contributed by atoms with Gasteiger partial charge in [-0.1, -0.05) is 0 Å². The molecule has 0 fully saturated rings. The van der Waals surface area contributed by atoms with Crippen LogP contribution in [0.5, 0.6) is 0 Å². The SMILES string of the molecule is Cc1cc(=O)c(C(=O)Nc2cncnc2)c[nH]1. The van der Waals surface area contributed by atoms with Crippen LogP contribution >= 0.6 is 0 Å². The summed E-state index contributed by atoms with van der Waals surface area (Å²) in [7, 11) is 0. The van der Waals surface area contributed by atoms with Gasteiger partial charge in [0.05, 0.1) is 18.1 Å². The second-order valence-corrected chi connectivity index (χ2v) is 3.48. The maximum absolute atomic E-state index is 11.8. The van der Waals surface area contributed by atoms with Crippen LogP contribution in [-0.2, 0) is 0 Å². The predicted octanol–water partition coefficient (Wildman–Crippen LogP) is 0.726. The number of amides is 1. The summed E-state index contributed by atoms with van der Waals surface area (Å²) in [6, 6.07) is 1.37. The van der Waals surface area contributed by atoms with E-state index in [1.54, 1.807) is 6.92 Å². The highest BCUT2D eigenvalue weighted by molar-refractivity contribution is 6.03. The van der Waals surface area contributed by atoms with Gasteiger partial charge in [0.15, 0.2) is 5.43 Å². The van der Waals surface area contributed by atoms with Crippen LogP contribution < -0.4 is 10.7 Å². The number of aromatic nitrogens is 3. The first-order valence-corrected chi connectivity index (χ1v) is 4.92. The molecule has 0 aliphatic carbocycles. The van der Waals surface area contributed by atoms with Crippen LogP contribution in [-0.4, -0.2) is 20.9 Å². The third kappa shape index (κ3) is 2.54. The van der Waals surface area contributed by atoms with Gasteiger partial charge in [-0.05, 0) is 6.92 Å². The van der Waals surface area contributed by atoms with Crippen LogP contribution in [0.25, 0.3) is 0 Å². The van der Waals surface area contributed by atoms with Crippen molar-refractivity contribution in [1.29, 1.82) is 0 Å². The minimum absolute atomic E-state index is 0.0550. The third-order valence-corrected chi connectivity index (χ3v) is 2.12. The van der Waals surface area contributed by atoms with E-state index in [-0.39, 0.29) is 11.0 Å². The van der Waals surface area contributed by atoms with E-state index < -0.39 is 5.91 Å². The van der Waals surface area contributed by atoms with E-state index >= 15 is 0 Å². The van der Waals surface area contributed by atoms with Gasteiger partial charge in [0.2, 0.25) is 0 Å². The van der Waals surface area contributed by atoms with E-state index in [0.29, 0.717) is 11.4 Å². The molecule has 1 amide bonds. The molecule has 2 aromatic heterocycles. The van der Waals surface area contributed by atoms with Crippen molar-refractivity contribution in [2.24, 2.45) is 0 Å². The Morgan fingerprint density at radius 2 is 2.06 bits per heavy atom. The van der Waals surface area contributed by atoms with Gasteiger partial charge in [0.1, 0.15) is 11.9 Å². The molecule has 0 saturated carbocycles.